The number of imidazole rings is 1. The van der Waals surface area contributed by atoms with Crippen molar-refractivity contribution in [3.8, 4) is 17.1 Å². The first-order valence-electron chi connectivity index (χ1n) is 6.43. The Morgan fingerprint density at radius 2 is 1.64 bits per heavy atom. The van der Waals surface area contributed by atoms with E-state index < -0.39 is 11.7 Å². The minimum absolute atomic E-state index is 0.530. The number of hydrogen-bond acceptors (Lipinski definition) is 1. The van der Waals surface area contributed by atoms with Crippen molar-refractivity contribution >= 4 is 11.6 Å². The van der Waals surface area contributed by atoms with Crippen molar-refractivity contribution in [1.82, 2.24) is 9.55 Å². The summed E-state index contributed by atoms with van der Waals surface area (Å²) in [5.74, 6) is 0.574. The molecule has 0 bridgehead atoms. The summed E-state index contributed by atoms with van der Waals surface area (Å²) in [5.41, 5.74) is 0.616. The smallest absolute Gasteiger partial charge is 0.300 e. The zero-order valence-corrected chi connectivity index (χ0v) is 11.9. The van der Waals surface area contributed by atoms with Gasteiger partial charge in [0.2, 0.25) is 0 Å². The Kier molecular flexibility index (Phi) is 3.66. The van der Waals surface area contributed by atoms with E-state index in [0.717, 1.165) is 12.1 Å². The number of alkyl halides is 3. The Labute approximate surface area is 129 Å². The molecule has 112 valence electrons. The highest BCUT2D eigenvalue weighted by molar-refractivity contribution is 6.33. The second kappa shape index (κ2) is 5.50. The standard InChI is InChI=1S/C16H10ClF3N2/c17-14-4-2-1-3-13(14)15-21-9-10-22(15)12-7-5-11(6-8-12)16(18,19)20/h1-10H. The van der Waals surface area contributed by atoms with Crippen LogP contribution in [0.25, 0.3) is 17.1 Å². The molecule has 0 saturated carbocycles. The molecule has 0 radical (unpaired) electrons. The molecule has 3 rings (SSSR count). The molecular weight excluding hydrogens is 313 g/mol. The summed E-state index contributed by atoms with van der Waals surface area (Å²) in [4.78, 5) is 4.25. The van der Waals surface area contributed by atoms with Crippen molar-refractivity contribution in [3.63, 3.8) is 0 Å². The lowest BCUT2D eigenvalue weighted by atomic mass is 10.2. The Hall–Kier alpha value is -2.27. The fraction of sp³-hybridized carbons (Fsp3) is 0.0625. The normalized spacial score (nSPS) is 11.6. The van der Waals surface area contributed by atoms with Crippen molar-refractivity contribution in [2.45, 2.75) is 6.18 Å². The van der Waals surface area contributed by atoms with Crippen LogP contribution in [0, 0.1) is 0 Å². The topological polar surface area (TPSA) is 17.8 Å². The molecule has 0 aliphatic rings. The second-order valence-electron chi connectivity index (χ2n) is 4.65. The summed E-state index contributed by atoms with van der Waals surface area (Å²) in [5, 5.41) is 0.530. The molecule has 0 amide bonds. The van der Waals surface area contributed by atoms with E-state index in [4.69, 9.17) is 11.6 Å². The number of rotatable bonds is 2. The summed E-state index contributed by atoms with van der Waals surface area (Å²) in [6, 6.07) is 12.1. The zero-order valence-electron chi connectivity index (χ0n) is 11.2. The van der Waals surface area contributed by atoms with Gasteiger partial charge in [-0.25, -0.2) is 4.98 Å². The maximum atomic E-state index is 12.6. The van der Waals surface area contributed by atoms with E-state index in [1.807, 2.05) is 12.1 Å². The Bertz CT molecular complexity index is 792. The third-order valence-electron chi connectivity index (χ3n) is 3.23. The number of aromatic nitrogens is 2. The molecule has 0 N–H and O–H groups in total. The third kappa shape index (κ3) is 2.72. The van der Waals surface area contributed by atoms with E-state index in [2.05, 4.69) is 4.98 Å². The van der Waals surface area contributed by atoms with Gasteiger partial charge in [0.1, 0.15) is 5.82 Å². The Morgan fingerprint density at radius 1 is 0.955 bits per heavy atom. The molecule has 2 aromatic carbocycles. The van der Waals surface area contributed by atoms with Crippen LogP contribution in [0.3, 0.4) is 0 Å². The van der Waals surface area contributed by atoms with E-state index >= 15 is 0 Å². The Morgan fingerprint density at radius 3 is 2.27 bits per heavy atom. The van der Waals surface area contributed by atoms with E-state index in [0.29, 0.717) is 22.1 Å². The average molecular weight is 323 g/mol. The third-order valence-corrected chi connectivity index (χ3v) is 3.56. The van der Waals surface area contributed by atoms with Crippen molar-refractivity contribution < 1.29 is 13.2 Å². The maximum absolute atomic E-state index is 12.6. The van der Waals surface area contributed by atoms with Crippen molar-refractivity contribution in [3.05, 3.63) is 71.5 Å². The molecule has 1 heterocycles. The summed E-state index contributed by atoms with van der Waals surface area (Å²) in [6.07, 6.45) is -1.09. The summed E-state index contributed by atoms with van der Waals surface area (Å²) >= 11 is 6.16. The fourth-order valence-electron chi connectivity index (χ4n) is 2.16. The molecule has 0 fully saturated rings. The largest absolute Gasteiger partial charge is 0.416 e. The Balaban J connectivity index is 2.04. The summed E-state index contributed by atoms with van der Waals surface area (Å²) in [7, 11) is 0. The maximum Gasteiger partial charge on any atom is 0.416 e. The van der Waals surface area contributed by atoms with Crippen LogP contribution >= 0.6 is 11.6 Å². The highest BCUT2D eigenvalue weighted by Gasteiger charge is 2.30. The van der Waals surface area contributed by atoms with Gasteiger partial charge in [-0.3, -0.25) is 4.57 Å². The van der Waals surface area contributed by atoms with Crippen LogP contribution in [-0.2, 0) is 6.18 Å². The van der Waals surface area contributed by atoms with Crippen LogP contribution in [0.4, 0.5) is 13.2 Å². The van der Waals surface area contributed by atoms with Crippen molar-refractivity contribution in [1.29, 1.82) is 0 Å². The molecule has 0 aliphatic heterocycles. The molecule has 0 spiro atoms. The van der Waals surface area contributed by atoms with Crippen LogP contribution in [-0.4, -0.2) is 9.55 Å². The van der Waals surface area contributed by atoms with Gasteiger partial charge in [-0.15, -0.1) is 0 Å². The van der Waals surface area contributed by atoms with Gasteiger partial charge in [0.25, 0.3) is 0 Å². The minimum atomic E-state index is -4.35. The van der Waals surface area contributed by atoms with Gasteiger partial charge in [0, 0.05) is 23.6 Å². The van der Waals surface area contributed by atoms with Crippen LogP contribution in [0.2, 0.25) is 5.02 Å². The van der Waals surface area contributed by atoms with Gasteiger partial charge >= 0.3 is 6.18 Å². The molecule has 0 atom stereocenters. The highest BCUT2D eigenvalue weighted by atomic mass is 35.5. The second-order valence-corrected chi connectivity index (χ2v) is 5.05. The number of benzene rings is 2. The highest BCUT2D eigenvalue weighted by Crippen LogP contribution is 2.31. The van der Waals surface area contributed by atoms with Crippen LogP contribution in [0.1, 0.15) is 5.56 Å². The van der Waals surface area contributed by atoms with Gasteiger partial charge in [-0.1, -0.05) is 23.7 Å². The first-order valence-corrected chi connectivity index (χ1v) is 6.80. The van der Waals surface area contributed by atoms with E-state index in [1.54, 1.807) is 29.1 Å². The van der Waals surface area contributed by atoms with Crippen LogP contribution in [0.5, 0.6) is 0 Å². The van der Waals surface area contributed by atoms with Crippen molar-refractivity contribution in [2.24, 2.45) is 0 Å². The summed E-state index contributed by atoms with van der Waals surface area (Å²) in [6.45, 7) is 0. The monoisotopic (exact) mass is 322 g/mol. The number of nitrogens with zero attached hydrogens (tertiary/aromatic N) is 2. The molecular formula is C16H10ClF3N2. The quantitative estimate of drug-likeness (QED) is 0.633. The predicted molar refractivity (Wildman–Crippen MR) is 79.0 cm³/mol. The van der Waals surface area contributed by atoms with Crippen LogP contribution in [0.15, 0.2) is 60.9 Å². The van der Waals surface area contributed by atoms with Gasteiger partial charge in [0.05, 0.1) is 10.6 Å². The predicted octanol–water partition coefficient (Wildman–Crippen LogP) is 5.21. The first-order chi connectivity index (χ1) is 10.5. The van der Waals surface area contributed by atoms with Crippen molar-refractivity contribution in [2.75, 3.05) is 0 Å². The number of halogens is 4. The van der Waals surface area contributed by atoms with E-state index in [9.17, 15) is 13.2 Å². The molecule has 22 heavy (non-hydrogen) atoms. The lowest BCUT2D eigenvalue weighted by Gasteiger charge is -2.11. The zero-order chi connectivity index (χ0) is 15.7. The van der Waals surface area contributed by atoms with Gasteiger partial charge < -0.3 is 0 Å². The minimum Gasteiger partial charge on any atom is -0.300 e. The van der Waals surface area contributed by atoms with Crippen LogP contribution < -0.4 is 0 Å². The molecule has 0 aliphatic carbocycles. The van der Waals surface area contributed by atoms with E-state index in [-0.39, 0.29) is 0 Å². The molecule has 0 saturated heterocycles. The van der Waals surface area contributed by atoms with Gasteiger partial charge in [0.15, 0.2) is 0 Å². The van der Waals surface area contributed by atoms with Gasteiger partial charge in [-0.2, -0.15) is 13.2 Å². The molecule has 6 heteroatoms. The fourth-order valence-corrected chi connectivity index (χ4v) is 2.38. The summed E-state index contributed by atoms with van der Waals surface area (Å²) < 4.78 is 39.6. The van der Waals surface area contributed by atoms with Gasteiger partial charge in [-0.05, 0) is 36.4 Å². The lowest BCUT2D eigenvalue weighted by Crippen LogP contribution is -2.05. The molecule has 2 nitrogen and oxygen atoms in total. The van der Waals surface area contributed by atoms with E-state index in [1.165, 1.54) is 12.1 Å². The number of hydrogen-bond donors (Lipinski definition) is 0. The average Bonchev–Trinajstić information content (AvgIpc) is 2.96. The molecule has 3 aromatic rings. The molecule has 0 unspecified atom stereocenters. The first kappa shape index (κ1) is 14.7. The SMILES string of the molecule is FC(F)(F)c1ccc(-n2ccnc2-c2ccccc2Cl)cc1. The molecule has 1 aromatic heterocycles. The lowest BCUT2D eigenvalue weighted by molar-refractivity contribution is -0.137.